The van der Waals surface area contributed by atoms with Crippen molar-refractivity contribution in [3.63, 3.8) is 0 Å². The van der Waals surface area contributed by atoms with Crippen molar-refractivity contribution in [2.24, 2.45) is 5.73 Å². The largest absolute Gasteiger partial charge is 0.341 e. The number of aromatic nitrogens is 2. The second-order valence-electron chi connectivity index (χ2n) is 8.57. The van der Waals surface area contributed by atoms with E-state index in [4.69, 9.17) is 5.73 Å². The first-order chi connectivity index (χ1) is 14.0. The molecule has 2 fully saturated rings. The van der Waals surface area contributed by atoms with Gasteiger partial charge in [-0.15, -0.1) is 0 Å². The Morgan fingerprint density at radius 1 is 1.14 bits per heavy atom. The first-order valence-corrected chi connectivity index (χ1v) is 11.1. The molecule has 3 heterocycles. The lowest BCUT2D eigenvalue weighted by atomic mass is 9.97. The number of carbonyl (C=O) groups is 1. The first kappa shape index (κ1) is 20.2. The SMILES string of the molecule is CCc1cc(CC(N)C(=O)N2CCC(N3CCCCC3)CC2)cc2[nH]c(=O)[nH]c12. The van der Waals surface area contributed by atoms with E-state index in [0.29, 0.717) is 12.5 Å². The number of nitrogens with two attached hydrogens (primary N) is 1. The number of amides is 1. The summed E-state index contributed by atoms with van der Waals surface area (Å²) in [4.78, 5) is 34.8. The number of aryl methyl sites for hydroxylation is 1. The summed E-state index contributed by atoms with van der Waals surface area (Å²) in [6, 6.07) is 4.06. The van der Waals surface area contributed by atoms with E-state index in [1.807, 2.05) is 11.0 Å². The van der Waals surface area contributed by atoms with Gasteiger partial charge < -0.3 is 25.5 Å². The second-order valence-corrected chi connectivity index (χ2v) is 8.57. The lowest BCUT2D eigenvalue weighted by molar-refractivity contribution is -0.134. The highest BCUT2D eigenvalue weighted by Crippen LogP contribution is 2.22. The van der Waals surface area contributed by atoms with Gasteiger partial charge in [-0.1, -0.05) is 19.4 Å². The molecule has 7 heteroatoms. The summed E-state index contributed by atoms with van der Waals surface area (Å²) in [7, 11) is 0. The van der Waals surface area contributed by atoms with Crippen molar-refractivity contribution in [3.05, 3.63) is 33.7 Å². The molecular weight excluding hydrogens is 366 g/mol. The summed E-state index contributed by atoms with van der Waals surface area (Å²) >= 11 is 0. The molecule has 1 aromatic heterocycles. The molecule has 0 saturated carbocycles. The Balaban J connectivity index is 1.37. The van der Waals surface area contributed by atoms with Crippen LogP contribution in [0.5, 0.6) is 0 Å². The molecular formula is C22H33N5O2. The number of H-pyrrole nitrogens is 2. The van der Waals surface area contributed by atoms with Crippen LogP contribution >= 0.6 is 0 Å². The number of rotatable bonds is 5. The average molecular weight is 400 g/mol. The third-order valence-corrected chi connectivity index (χ3v) is 6.60. The van der Waals surface area contributed by atoms with Gasteiger partial charge in [0.2, 0.25) is 5.91 Å². The van der Waals surface area contributed by atoms with Gasteiger partial charge in [0.05, 0.1) is 17.1 Å². The smallest absolute Gasteiger partial charge is 0.323 e. The molecule has 7 nitrogen and oxygen atoms in total. The number of carbonyl (C=O) groups excluding carboxylic acids is 1. The quantitative estimate of drug-likeness (QED) is 0.714. The van der Waals surface area contributed by atoms with E-state index in [2.05, 4.69) is 27.9 Å². The molecule has 1 aromatic carbocycles. The van der Waals surface area contributed by atoms with E-state index in [9.17, 15) is 9.59 Å². The molecule has 4 rings (SSSR count). The Kier molecular flexibility index (Phi) is 6.06. The van der Waals surface area contributed by atoms with Crippen LogP contribution in [-0.4, -0.2) is 63.9 Å². The maximum atomic E-state index is 12.9. The van der Waals surface area contributed by atoms with Crippen LogP contribution < -0.4 is 11.4 Å². The Hall–Kier alpha value is -2.12. The number of imidazole rings is 1. The normalized spacial score (nSPS) is 20.3. The number of nitrogens with one attached hydrogen (secondary N) is 2. The fraction of sp³-hybridized carbons (Fsp3) is 0.636. The van der Waals surface area contributed by atoms with Crippen LogP contribution in [0, 0.1) is 0 Å². The Morgan fingerprint density at radius 3 is 2.55 bits per heavy atom. The van der Waals surface area contributed by atoms with Crippen LogP contribution in [0.1, 0.15) is 50.2 Å². The molecule has 2 aliphatic heterocycles. The number of nitrogens with zero attached hydrogens (tertiary/aromatic N) is 2. The van der Waals surface area contributed by atoms with Crippen molar-refractivity contribution in [1.29, 1.82) is 0 Å². The zero-order valence-electron chi connectivity index (χ0n) is 17.4. The number of likely N-dealkylation sites (tertiary alicyclic amines) is 2. The molecule has 2 aromatic rings. The molecule has 2 saturated heterocycles. The first-order valence-electron chi connectivity index (χ1n) is 11.1. The minimum absolute atomic E-state index is 0.0443. The van der Waals surface area contributed by atoms with Crippen LogP contribution in [-0.2, 0) is 17.6 Å². The van der Waals surface area contributed by atoms with Gasteiger partial charge >= 0.3 is 5.69 Å². The van der Waals surface area contributed by atoms with Gasteiger partial charge in [-0.3, -0.25) is 4.79 Å². The number of hydrogen-bond donors (Lipinski definition) is 3. The Bertz CT molecular complexity index is 904. The minimum atomic E-state index is -0.547. The molecule has 1 amide bonds. The second kappa shape index (κ2) is 8.71. The van der Waals surface area contributed by atoms with Gasteiger partial charge in [0.15, 0.2) is 0 Å². The topological polar surface area (TPSA) is 98.2 Å². The third kappa shape index (κ3) is 4.41. The number of piperidine rings is 2. The van der Waals surface area contributed by atoms with Crippen LogP contribution in [0.15, 0.2) is 16.9 Å². The maximum Gasteiger partial charge on any atom is 0.323 e. The molecule has 29 heavy (non-hydrogen) atoms. The molecule has 0 bridgehead atoms. The summed E-state index contributed by atoms with van der Waals surface area (Å²) in [5.74, 6) is 0.0443. The van der Waals surface area contributed by atoms with E-state index in [1.165, 1.54) is 32.4 Å². The summed E-state index contributed by atoms with van der Waals surface area (Å²) in [5.41, 5.74) is 9.81. The molecule has 2 aliphatic rings. The number of fused-ring (bicyclic) bond motifs is 1. The van der Waals surface area contributed by atoms with Gasteiger partial charge in [0.25, 0.3) is 0 Å². The molecule has 0 spiro atoms. The fourth-order valence-electron chi connectivity index (χ4n) is 4.99. The molecule has 158 valence electrons. The van der Waals surface area contributed by atoms with Gasteiger partial charge in [-0.2, -0.15) is 0 Å². The monoisotopic (exact) mass is 399 g/mol. The van der Waals surface area contributed by atoms with E-state index < -0.39 is 6.04 Å². The van der Waals surface area contributed by atoms with E-state index >= 15 is 0 Å². The summed E-state index contributed by atoms with van der Waals surface area (Å²) in [6.45, 7) is 6.08. The number of hydrogen-bond acceptors (Lipinski definition) is 4. The van der Waals surface area contributed by atoms with E-state index in [1.54, 1.807) is 0 Å². The van der Waals surface area contributed by atoms with E-state index in [0.717, 1.165) is 54.5 Å². The van der Waals surface area contributed by atoms with Crippen molar-refractivity contribution in [3.8, 4) is 0 Å². The lowest BCUT2D eigenvalue weighted by Gasteiger charge is -2.40. The number of aromatic amines is 2. The molecule has 0 aliphatic carbocycles. The zero-order valence-corrected chi connectivity index (χ0v) is 17.4. The maximum absolute atomic E-state index is 12.9. The van der Waals surface area contributed by atoms with Gasteiger partial charge in [-0.05, 0) is 68.8 Å². The van der Waals surface area contributed by atoms with Crippen LogP contribution in [0.25, 0.3) is 11.0 Å². The minimum Gasteiger partial charge on any atom is -0.341 e. The van der Waals surface area contributed by atoms with Gasteiger partial charge in [0, 0.05) is 19.1 Å². The Labute approximate surface area is 171 Å². The van der Waals surface area contributed by atoms with Crippen LogP contribution in [0.3, 0.4) is 0 Å². The van der Waals surface area contributed by atoms with Gasteiger partial charge in [0.1, 0.15) is 0 Å². The van der Waals surface area contributed by atoms with E-state index in [-0.39, 0.29) is 11.6 Å². The Morgan fingerprint density at radius 2 is 1.86 bits per heavy atom. The lowest BCUT2D eigenvalue weighted by Crippen LogP contribution is -2.52. The molecule has 4 N–H and O–H groups in total. The zero-order chi connectivity index (χ0) is 20.4. The predicted molar refractivity (Wildman–Crippen MR) is 115 cm³/mol. The van der Waals surface area contributed by atoms with Crippen LogP contribution in [0.2, 0.25) is 0 Å². The highest BCUT2D eigenvalue weighted by molar-refractivity contribution is 5.83. The predicted octanol–water partition coefficient (Wildman–Crippen LogP) is 1.77. The van der Waals surface area contributed by atoms with Gasteiger partial charge in [-0.25, -0.2) is 4.79 Å². The van der Waals surface area contributed by atoms with Crippen molar-refractivity contribution in [2.45, 2.75) is 64.0 Å². The highest BCUT2D eigenvalue weighted by Gasteiger charge is 2.29. The third-order valence-electron chi connectivity index (χ3n) is 6.60. The van der Waals surface area contributed by atoms with Crippen LogP contribution in [0.4, 0.5) is 0 Å². The standard InChI is InChI=1S/C22H33N5O2/c1-2-16-12-15(14-19-20(16)25-22(29)24-19)13-18(23)21(28)27-10-6-17(7-11-27)26-8-4-3-5-9-26/h12,14,17-18H,2-11,13,23H2,1H3,(H2,24,25,29). The molecule has 1 atom stereocenters. The summed E-state index contributed by atoms with van der Waals surface area (Å²) in [5, 5.41) is 0. The van der Waals surface area contributed by atoms with Crippen molar-refractivity contribution >= 4 is 16.9 Å². The van der Waals surface area contributed by atoms with Crippen molar-refractivity contribution < 1.29 is 4.79 Å². The summed E-state index contributed by atoms with van der Waals surface area (Å²) in [6.07, 6.45) is 7.36. The fourth-order valence-corrected chi connectivity index (χ4v) is 4.99. The average Bonchev–Trinajstić information content (AvgIpc) is 3.13. The van der Waals surface area contributed by atoms with Crippen molar-refractivity contribution in [1.82, 2.24) is 19.8 Å². The van der Waals surface area contributed by atoms with Crippen molar-refractivity contribution in [2.75, 3.05) is 26.2 Å². The molecule has 1 unspecified atom stereocenters. The highest BCUT2D eigenvalue weighted by atomic mass is 16.2. The number of benzene rings is 1. The molecule has 0 radical (unpaired) electrons. The summed E-state index contributed by atoms with van der Waals surface area (Å²) < 4.78 is 0.